The van der Waals surface area contributed by atoms with Crippen molar-refractivity contribution >= 4 is 17.2 Å². The normalized spacial score (nSPS) is 17.6. The van der Waals surface area contributed by atoms with E-state index in [1.807, 2.05) is 14.0 Å². The van der Waals surface area contributed by atoms with Gasteiger partial charge >= 0.3 is 0 Å². The lowest BCUT2D eigenvalue weighted by molar-refractivity contribution is 0.0772. The third-order valence-corrected chi connectivity index (χ3v) is 4.91. The number of hydrogen-bond donors (Lipinski definition) is 0. The van der Waals surface area contributed by atoms with E-state index >= 15 is 0 Å². The Kier molecular flexibility index (Phi) is 3.80. The number of carbonyl (C=O) groups excluding carboxylic acids is 1. The lowest BCUT2D eigenvalue weighted by Gasteiger charge is -2.26. The third-order valence-electron chi connectivity index (χ3n) is 3.87. The van der Waals surface area contributed by atoms with Gasteiger partial charge in [-0.05, 0) is 33.1 Å². The van der Waals surface area contributed by atoms with E-state index in [-0.39, 0.29) is 5.91 Å². The van der Waals surface area contributed by atoms with E-state index in [9.17, 15) is 4.79 Å². The first-order valence-corrected chi connectivity index (χ1v) is 8.01. The van der Waals surface area contributed by atoms with Crippen LogP contribution in [0.15, 0.2) is 10.6 Å². The van der Waals surface area contributed by atoms with E-state index in [1.54, 1.807) is 29.2 Å². The quantitative estimate of drug-likeness (QED) is 0.875. The molecule has 1 atom stereocenters. The van der Waals surface area contributed by atoms with Crippen LogP contribution in [0.2, 0.25) is 0 Å². The minimum Gasteiger partial charge on any atom is -0.361 e. The fourth-order valence-electron chi connectivity index (χ4n) is 2.88. The molecular weight excluding hydrogens is 286 g/mol. The van der Waals surface area contributed by atoms with Crippen molar-refractivity contribution in [2.75, 3.05) is 13.6 Å². The number of hydrogen-bond acceptors (Lipinski definition) is 5. The van der Waals surface area contributed by atoms with Crippen LogP contribution >= 0.6 is 11.3 Å². The second kappa shape index (κ2) is 5.60. The van der Waals surface area contributed by atoms with Crippen LogP contribution in [-0.4, -0.2) is 34.5 Å². The van der Waals surface area contributed by atoms with Gasteiger partial charge in [-0.1, -0.05) is 5.16 Å². The Hall–Kier alpha value is -1.69. The highest BCUT2D eigenvalue weighted by Crippen LogP contribution is 2.35. The molecule has 2 heterocycles. The van der Waals surface area contributed by atoms with Crippen LogP contribution in [0.3, 0.4) is 0 Å². The van der Waals surface area contributed by atoms with Gasteiger partial charge in [-0.3, -0.25) is 4.79 Å². The minimum absolute atomic E-state index is 0.0917. The summed E-state index contributed by atoms with van der Waals surface area (Å²) in [6.45, 7) is 4.52. The van der Waals surface area contributed by atoms with Crippen molar-refractivity contribution in [1.82, 2.24) is 15.0 Å². The molecule has 2 aromatic heterocycles. The summed E-state index contributed by atoms with van der Waals surface area (Å²) in [5.74, 6) is 0.897. The Morgan fingerprint density at radius 1 is 1.52 bits per heavy atom. The maximum Gasteiger partial charge on any atom is 0.275 e. The van der Waals surface area contributed by atoms with Crippen molar-refractivity contribution in [2.45, 2.75) is 39.0 Å². The molecule has 0 radical (unpaired) electrons. The van der Waals surface area contributed by atoms with Crippen LogP contribution in [0.5, 0.6) is 0 Å². The zero-order valence-electron chi connectivity index (χ0n) is 12.5. The highest BCUT2D eigenvalue weighted by molar-refractivity contribution is 7.11. The molecule has 6 heteroatoms. The van der Waals surface area contributed by atoms with E-state index in [2.05, 4.69) is 10.1 Å². The van der Waals surface area contributed by atoms with Gasteiger partial charge in [0.2, 0.25) is 0 Å². The topological polar surface area (TPSA) is 59.2 Å². The maximum atomic E-state index is 12.3. The van der Waals surface area contributed by atoms with Crippen LogP contribution < -0.4 is 0 Å². The molecular formula is C15H19N3O2S. The fourth-order valence-corrected chi connectivity index (χ4v) is 3.95. The van der Waals surface area contributed by atoms with Gasteiger partial charge in [-0.15, -0.1) is 11.3 Å². The average molecular weight is 305 g/mol. The van der Waals surface area contributed by atoms with E-state index in [0.717, 1.165) is 17.8 Å². The number of aryl methyl sites for hydroxylation is 3. The smallest absolute Gasteiger partial charge is 0.275 e. The molecule has 1 aliphatic carbocycles. The highest BCUT2D eigenvalue weighted by atomic mass is 32.1. The van der Waals surface area contributed by atoms with Gasteiger partial charge in [0, 0.05) is 30.5 Å². The molecule has 112 valence electrons. The number of amides is 1. The standard InChI is InChI=1S/C15H19N3O2S/c1-9-7-12(17-20-9)15(19)18(3)8-11-5-4-6-13-14(11)16-10(2)21-13/h7,11H,4-6,8H2,1-3H3/t11-/m0/s1. The summed E-state index contributed by atoms with van der Waals surface area (Å²) in [6.07, 6.45) is 3.38. The molecule has 1 aliphatic rings. The van der Waals surface area contributed by atoms with Crippen LogP contribution in [0, 0.1) is 13.8 Å². The molecule has 0 saturated carbocycles. The van der Waals surface area contributed by atoms with Crippen LogP contribution in [0.4, 0.5) is 0 Å². The van der Waals surface area contributed by atoms with Gasteiger partial charge in [0.15, 0.2) is 5.69 Å². The molecule has 0 spiro atoms. The van der Waals surface area contributed by atoms with Crippen LogP contribution in [-0.2, 0) is 6.42 Å². The number of thiazole rings is 1. The number of aromatic nitrogens is 2. The predicted molar refractivity (Wildman–Crippen MR) is 80.7 cm³/mol. The molecule has 0 bridgehead atoms. The molecule has 0 saturated heterocycles. The molecule has 0 N–H and O–H groups in total. The van der Waals surface area contributed by atoms with E-state index in [0.29, 0.717) is 23.9 Å². The Balaban J connectivity index is 1.73. The first kappa shape index (κ1) is 14.3. The van der Waals surface area contributed by atoms with Crippen molar-refractivity contribution in [3.63, 3.8) is 0 Å². The first-order valence-electron chi connectivity index (χ1n) is 7.19. The first-order chi connectivity index (χ1) is 10.0. The lowest BCUT2D eigenvalue weighted by Crippen LogP contribution is -2.32. The SMILES string of the molecule is Cc1cc(C(=O)N(C)C[C@@H]2CCCc3sc(C)nc32)no1. The average Bonchev–Trinajstić information content (AvgIpc) is 3.03. The van der Waals surface area contributed by atoms with E-state index in [4.69, 9.17) is 4.52 Å². The predicted octanol–water partition coefficient (Wildman–Crippen LogP) is 2.94. The van der Waals surface area contributed by atoms with Gasteiger partial charge in [0.25, 0.3) is 5.91 Å². The van der Waals surface area contributed by atoms with Gasteiger partial charge in [-0.25, -0.2) is 4.98 Å². The van der Waals surface area contributed by atoms with Crippen molar-refractivity contribution in [1.29, 1.82) is 0 Å². The molecule has 2 aromatic rings. The number of rotatable bonds is 3. The molecule has 5 nitrogen and oxygen atoms in total. The van der Waals surface area contributed by atoms with Gasteiger partial charge < -0.3 is 9.42 Å². The van der Waals surface area contributed by atoms with Gasteiger partial charge in [0.1, 0.15) is 5.76 Å². The number of carbonyl (C=O) groups is 1. The third kappa shape index (κ3) is 2.85. The molecule has 1 amide bonds. The van der Waals surface area contributed by atoms with E-state index < -0.39 is 0 Å². The van der Waals surface area contributed by atoms with Gasteiger partial charge in [0.05, 0.1) is 10.7 Å². The summed E-state index contributed by atoms with van der Waals surface area (Å²) in [6, 6.07) is 1.68. The van der Waals surface area contributed by atoms with Crippen LogP contribution in [0.25, 0.3) is 0 Å². The monoisotopic (exact) mass is 305 g/mol. The van der Waals surface area contributed by atoms with Crippen molar-refractivity contribution < 1.29 is 9.32 Å². The summed E-state index contributed by atoms with van der Waals surface area (Å²) >= 11 is 1.79. The molecule has 3 rings (SSSR count). The Bertz CT molecular complexity index is 662. The number of nitrogens with zero attached hydrogens (tertiary/aromatic N) is 3. The summed E-state index contributed by atoms with van der Waals surface area (Å²) < 4.78 is 4.98. The van der Waals surface area contributed by atoms with Gasteiger partial charge in [-0.2, -0.15) is 0 Å². The molecule has 0 aliphatic heterocycles. The Morgan fingerprint density at radius 3 is 3.05 bits per heavy atom. The molecule has 0 fully saturated rings. The summed E-state index contributed by atoms with van der Waals surface area (Å²) in [5, 5.41) is 4.92. The van der Waals surface area contributed by atoms with E-state index in [1.165, 1.54) is 17.0 Å². The lowest BCUT2D eigenvalue weighted by atomic mass is 9.90. The molecule has 21 heavy (non-hydrogen) atoms. The zero-order valence-corrected chi connectivity index (χ0v) is 13.4. The van der Waals surface area contributed by atoms with Crippen molar-refractivity contribution in [3.8, 4) is 0 Å². The summed E-state index contributed by atoms with van der Waals surface area (Å²) in [4.78, 5) is 20.1. The largest absolute Gasteiger partial charge is 0.361 e. The van der Waals surface area contributed by atoms with Crippen LogP contribution in [0.1, 0.15) is 50.6 Å². The van der Waals surface area contributed by atoms with Crippen molar-refractivity contribution in [3.05, 3.63) is 33.1 Å². The Morgan fingerprint density at radius 2 is 2.33 bits per heavy atom. The highest BCUT2D eigenvalue weighted by Gasteiger charge is 2.27. The Labute approximate surface area is 128 Å². The minimum atomic E-state index is -0.0917. The second-order valence-corrected chi connectivity index (χ2v) is 6.93. The summed E-state index contributed by atoms with van der Waals surface area (Å²) in [7, 11) is 1.82. The van der Waals surface area contributed by atoms with Crippen molar-refractivity contribution in [2.24, 2.45) is 0 Å². The number of fused-ring (bicyclic) bond motifs is 1. The summed E-state index contributed by atoms with van der Waals surface area (Å²) in [5.41, 5.74) is 1.57. The zero-order chi connectivity index (χ0) is 15.0. The maximum absolute atomic E-state index is 12.3. The number of likely N-dealkylation sites (N-methyl/N-ethyl adjacent to an activating group) is 1. The second-order valence-electron chi connectivity index (χ2n) is 5.64. The molecule has 0 unspecified atom stereocenters. The fraction of sp³-hybridized carbons (Fsp3) is 0.533. The molecule has 0 aromatic carbocycles.